The van der Waals surface area contributed by atoms with Gasteiger partial charge in [-0.1, -0.05) is 28.4 Å². The SMILES string of the molecule is NC12CC(c3nc(COc4ccc(Cl)c(Cl)c4)no3)(C1)C2. The van der Waals surface area contributed by atoms with Crippen LogP contribution >= 0.6 is 23.2 Å². The molecule has 110 valence electrons. The van der Waals surface area contributed by atoms with Gasteiger partial charge < -0.3 is 15.0 Å². The van der Waals surface area contributed by atoms with Crippen LogP contribution in [0.25, 0.3) is 0 Å². The molecule has 2 bridgehead atoms. The summed E-state index contributed by atoms with van der Waals surface area (Å²) in [7, 11) is 0. The summed E-state index contributed by atoms with van der Waals surface area (Å²) in [5, 5.41) is 4.90. The monoisotopic (exact) mass is 325 g/mol. The first-order chi connectivity index (χ1) is 9.98. The molecule has 5 nitrogen and oxygen atoms in total. The van der Waals surface area contributed by atoms with Crippen LogP contribution in [0.5, 0.6) is 5.75 Å². The van der Waals surface area contributed by atoms with Crippen molar-refractivity contribution in [2.24, 2.45) is 5.73 Å². The highest BCUT2D eigenvalue weighted by atomic mass is 35.5. The molecule has 2 aromatic rings. The van der Waals surface area contributed by atoms with E-state index in [9.17, 15) is 0 Å². The number of hydrogen-bond donors (Lipinski definition) is 1. The molecule has 3 fully saturated rings. The van der Waals surface area contributed by atoms with Crippen LogP contribution in [-0.2, 0) is 12.0 Å². The maximum absolute atomic E-state index is 6.04. The molecule has 1 aromatic carbocycles. The Hall–Kier alpha value is -1.30. The van der Waals surface area contributed by atoms with Crippen molar-refractivity contribution in [1.82, 2.24) is 10.1 Å². The molecule has 0 atom stereocenters. The standard InChI is InChI=1S/C14H13Cl2N3O2/c15-9-2-1-8(3-10(9)16)20-4-11-18-12(21-19-11)13-5-14(17,6-13)7-13/h1-3H,4-7,17H2. The van der Waals surface area contributed by atoms with Gasteiger partial charge in [0.25, 0.3) is 0 Å². The molecule has 0 aliphatic heterocycles. The average molecular weight is 326 g/mol. The third-order valence-corrected chi connectivity index (χ3v) is 4.99. The van der Waals surface area contributed by atoms with Gasteiger partial charge in [0.05, 0.1) is 15.5 Å². The van der Waals surface area contributed by atoms with Crippen molar-refractivity contribution < 1.29 is 9.26 Å². The fourth-order valence-electron chi connectivity index (χ4n) is 3.34. The molecule has 0 unspecified atom stereocenters. The highest BCUT2D eigenvalue weighted by molar-refractivity contribution is 6.42. The van der Waals surface area contributed by atoms with E-state index in [1.54, 1.807) is 18.2 Å². The quantitative estimate of drug-likeness (QED) is 0.934. The Labute approximate surface area is 131 Å². The average Bonchev–Trinajstić information content (AvgIpc) is 2.84. The van der Waals surface area contributed by atoms with Crippen LogP contribution in [0.3, 0.4) is 0 Å². The molecule has 1 aromatic heterocycles. The number of aromatic nitrogens is 2. The molecule has 2 N–H and O–H groups in total. The van der Waals surface area contributed by atoms with Gasteiger partial charge in [-0.25, -0.2) is 0 Å². The number of benzene rings is 1. The van der Waals surface area contributed by atoms with Crippen molar-refractivity contribution in [3.63, 3.8) is 0 Å². The molecule has 1 heterocycles. The number of nitrogens with zero attached hydrogens (tertiary/aromatic N) is 2. The summed E-state index contributed by atoms with van der Waals surface area (Å²) in [6.07, 6.45) is 2.82. The van der Waals surface area contributed by atoms with E-state index in [0.717, 1.165) is 19.3 Å². The van der Waals surface area contributed by atoms with Gasteiger partial charge in [0.15, 0.2) is 6.61 Å². The van der Waals surface area contributed by atoms with Crippen molar-refractivity contribution in [2.45, 2.75) is 36.8 Å². The molecule has 0 amide bonds. The maximum Gasteiger partial charge on any atom is 0.233 e. The molecule has 7 heteroatoms. The van der Waals surface area contributed by atoms with Gasteiger partial charge in [-0.3, -0.25) is 0 Å². The van der Waals surface area contributed by atoms with E-state index in [1.165, 1.54) is 0 Å². The summed E-state index contributed by atoms with van der Waals surface area (Å²) in [5.74, 6) is 1.82. The van der Waals surface area contributed by atoms with E-state index in [1.807, 2.05) is 0 Å². The summed E-state index contributed by atoms with van der Waals surface area (Å²) in [4.78, 5) is 4.41. The van der Waals surface area contributed by atoms with Crippen molar-refractivity contribution in [1.29, 1.82) is 0 Å². The van der Waals surface area contributed by atoms with Gasteiger partial charge in [0.2, 0.25) is 11.7 Å². The summed E-state index contributed by atoms with van der Waals surface area (Å²) in [6, 6.07) is 5.09. The molecule has 3 saturated carbocycles. The number of rotatable bonds is 4. The number of ether oxygens (including phenoxy) is 1. The van der Waals surface area contributed by atoms with E-state index >= 15 is 0 Å². The largest absolute Gasteiger partial charge is 0.485 e. The van der Waals surface area contributed by atoms with E-state index in [-0.39, 0.29) is 17.6 Å². The molecule has 3 aliphatic carbocycles. The maximum atomic E-state index is 6.04. The lowest BCUT2D eigenvalue weighted by atomic mass is 9.40. The molecule has 5 rings (SSSR count). The van der Waals surface area contributed by atoms with Gasteiger partial charge in [-0.05, 0) is 31.4 Å². The van der Waals surface area contributed by atoms with Crippen molar-refractivity contribution in [2.75, 3.05) is 0 Å². The molecule has 21 heavy (non-hydrogen) atoms. The Morgan fingerprint density at radius 3 is 2.67 bits per heavy atom. The molecule has 0 radical (unpaired) electrons. The number of halogens is 2. The molecular weight excluding hydrogens is 313 g/mol. The summed E-state index contributed by atoms with van der Waals surface area (Å²) in [6.45, 7) is 0.227. The highest BCUT2D eigenvalue weighted by Gasteiger charge is 2.69. The zero-order valence-electron chi connectivity index (χ0n) is 11.1. The van der Waals surface area contributed by atoms with Crippen LogP contribution in [0.15, 0.2) is 22.7 Å². The van der Waals surface area contributed by atoms with E-state index in [0.29, 0.717) is 27.5 Å². The molecule has 0 spiro atoms. The van der Waals surface area contributed by atoms with Crippen LogP contribution in [-0.4, -0.2) is 15.7 Å². The lowest BCUT2D eigenvalue weighted by Crippen LogP contribution is -2.74. The fourth-order valence-corrected chi connectivity index (χ4v) is 3.62. The molecule has 0 saturated heterocycles. The smallest absolute Gasteiger partial charge is 0.233 e. The zero-order chi connectivity index (χ0) is 14.7. The van der Waals surface area contributed by atoms with Crippen LogP contribution in [0.4, 0.5) is 0 Å². The minimum atomic E-state index is 0.0190. The Bertz CT molecular complexity index is 696. The van der Waals surface area contributed by atoms with Gasteiger partial charge in [-0.2, -0.15) is 4.98 Å². The van der Waals surface area contributed by atoms with Crippen LogP contribution < -0.4 is 10.5 Å². The fraction of sp³-hybridized carbons (Fsp3) is 0.429. The Kier molecular flexibility index (Phi) is 2.77. The Balaban J connectivity index is 1.42. The van der Waals surface area contributed by atoms with E-state index < -0.39 is 0 Å². The first-order valence-electron chi connectivity index (χ1n) is 6.68. The van der Waals surface area contributed by atoms with Crippen LogP contribution in [0.2, 0.25) is 10.0 Å². The topological polar surface area (TPSA) is 74.2 Å². The third-order valence-electron chi connectivity index (χ3n) is 4.25. The van der Waals surface area contributed by atoms with Gasteiger partial charge in [-0.15, -0.1) is 0 Å². The van der Waals surface area contributed by atoms with E-state index in [2.05, 4.69) is 10.1 Å². The van der Waals surface area contributed by atoms with Crippen molar-refractivity contribution in [3.05, 3.63) is 40.0 Å². The van der Waals surface area contributed by atoms with Gasteiger partial charge >= 0.3 is 0 Å². The third kappa shape index (κ3) is 2.11. The van der Waals surface area contributed by atoms with Crippen LogP contribution in [0, 0.1) is 0 Å². The highest BCUT2D eigenvalue weighted by Crippen LogP contribution is 2.65. The minimum Gasteiger partial charge on any atom is -0.485 e. The Morgan fingerprint density at radius 2 is 2.00 bits per heavy atom. The minimum absolute atomic E-state index is 0.0190. The number of hydrogen-bond acceptors (Lipinski definition) is 5. The second-order valence-electron chi connectivity index (χ2n) is 6.05. The summed E-state index contributed by atoms with van der Waals surface area (Å²) < 4.78 is 10.9. The molecule has 3 aliphatic rings. The normalized spacial score (nSPS) is 29.7. The van der Waals surface area contributed by atoms with Crippen molar-refractivity contribution in [3.8, 4) is 5.75 Å². The zero-order valence-corrected chi connectivity index (χ0v) is 12.6. The van der Waals surface area contributed by atoms with Gasteiger partial charge in [0.1, 0.15) is 5.75 Å². The molecular formula is C14H13Cl2N3O2. The lowest BCUT2D eigenvalue weighted by Gasteiger charge is -2.66. The first kappa shape index (κ1) is 13.4. The predicted molar refractivity (Wildman–Crippen MR) is 77.5 cm³/mol. The number of nitrogens with two attached hydrogens (primary N) is 1. The van der Waals surface area contributed by atoms with Crippen LogP contribution in [0.1, 0.15) is 31.0 Å². The lowest BCUT2D eigenvalue weighted by molar-refractivity contribution is -0.0793. The Morgan fingerprint density at radius 1 is 1.24 bits per heavy atom. The first-order valence-corrected chi connectivity index (χ1v) is 7.44. The van der Waals surface area contributed by atoms with E-state index in [4.69, 9.17) is 38.2 Å². The van der Waals surface area contributed by atoms with Crippen molar-refractivity contribution >= 4 is 23.2 Å². The summed E-state index contributed by atoms with van der Waals surface area (Å²) >= 11 is 11.8. The summed E-state index contributed by atoms with van der Waals surface area (Å²) in [5.41, 5.74) is 6.09. The second kappa shape index (κ2) is 4.35. The second-order valence-corrected chi connectivity index (χ2v) is 6.87. The van der Waals surface area contributed by atoms with Gasteiger partial charge in [0, 0.05) is 11.6 Å². The predicted octanol–water partition coefficient (Wildman–Crippen LogP) is 3.09.